The van der Waals surface area contributed by atoms with E-state index in [9.17, 15) is 14.4 Å². The highest BCUT2D eigenvalue weighted by Crippen LogP contribution is 2.42. The lowest BCUT2D eigenvalue weighted by atomic mass is 9.69. The van der Waals surface area contributed by atoms with Crippen molar-refractivity contribution < 1.29 is 28.6 Å². The fourth-order valence-electron chi connectivity index (χ4n) is 6.30. The van der Waals surface area contributed by atoms with Gasteiger partial charge in [0.1, 0.15) is 6.10 Å². The Morgan fingerprint density at radius 3 is 1.80 bits per heavy atom. The van der Waals surface area contributed by atoms with E-state index in [0.29, 0.717) is 38.9 Å². The van der Waals surface area contributed by atoms with Gasteiger partial charge in [-0.2, -0.15) is 0 Å². The summed E-state index contributed by atoms with van der Waals surface area (Å²) < 4.78 is 16.2. The van der Waals surface area contributed by atoms with Crippen LogP contribution in [0.25, 0.3) is 0 Å². The van der Waals surface area contributed by atoms with Crippen LogP contribution in [0.3, 0.4) is 0 Å². The van der Waals surface area contributed by atoms with Crippen molar-refractivity contribution in [2.45, 2.75) is 109 Å². The number of unbranched alkanes of at least 4 members (excludes halogenated alkanes) is 1. The minimum Gasteiger partial charge on any atom is -0.465 e. The molecule has 3 aliphatic carbocycles. The average Bonchev–Trinajstić information content (AvgIpc) is 2.90. The third-order valence-electron chi connectivity index (χ3n) is 8.72. The van der Waals surface area contributed by atoms with Gasteiger partial charge in [0.25, 0.3) is 0 Å². The first kappa shape index (κ1) is 27.7. The van der Waals surface area contributed by atoms with Gasteiger partial charge in [0.2, 0.25) is 0 Å². The van der Waals surface area contributed by atoms with Crippen molar-refractivity contribution in [2.24, 2.45) is 29.6 Å². The largest absolute Gasteiger partial charge is 0.465 e. The van der Waals surface area contributed by atoms with Crippen LogP contribution >= 0.6 is 0 Å². The molecule has 198 valence electrons. The lowest BCUT2D eigenvalue weighted by Gasteiger charge is -2.37. The predicted octanol–water partition coefficient (Wildman–Crippen LogP) is 6.16. The summed E-state index contributed by atoms with van der Waals surface area (Å²) in [6.45, 7) is 6.30. The lowest BCUT2D eigenvalue weighted by molar-refractivity contribution is -0.159. The maximum Gasteiger partial charge on any atom is 0.330 e. The van der Waals surface area contributed by atoms with Gasteiger partial charge in [-0.15, -0.1) is 0 Å². The molecule has 0 spiro atoms. The van der Waals surface area contributed by atoms with Gasteiger partial charge in [0, 0.05) is 6.08 Å². The second kappa shape index (κ2) is 14.6. The smallest absolute Gasteiger partial charge is 0.330 e. The van der Waals surface area contributed by atoms with Crippen LogP contribution in [0.4, 0.5) is 0 Å². The van der Waals surface area contributed by atoms with Crippen LogP contribution in [0.2, 0.25) is 0 Å². The molecular weight excluding hydrogens is 444 g/mol. The van der Waals surface area contributed by atoms with E-state index < -0.39 is 5.97 Å². The molecule has 0 aromatic rings. The fourth-order valence-corrected chi connectivity index (χ4v) is 6.30. The van der Waals surface area contributed by atoms with E-state index in [2.05, 4.69) is 13.5 Å². The summed E-state index contributed by atoms with van der Waals surface area (Å²) in [5.41, 5.74) is 0. The van der Waals surface area contributed by atoms with Gasteiger partial charge in [-0.3, -0.25) is 9.59 Å². The maximum atomic E-state index is 12.8. The maximum absolute atomic E-state index is 12.8. The SMILES string of the molecule is C=CC(=O)OCCCCOC(=O)C1CCC(OC(=O)C2CCC(C3CCC(CC)CC3)CC2)CC1. The zero-order valence-corrected chi connectivity index (χ0v) is 21.7. The van der Waals surface area contributed by atoms with Crippen LogP contribution < -0.4 is 0 Å². The van der Waals surface area contributed by atoms with Gasteiger partial charge in [-0.25, -0.2) is 4.79 Å². The monoisotopic (exact) mass is 490 g/mol. The van der Waals surface area contributed by atoms with Gasteiger partial charge in [0.15, 0.2) is 0 Å². The zero-order valence-electron chi connectivity index (χ0n) is 21.7. The molecule has 35 heavy (non-hydrogen) atoms. The zero-order chi connectivity index (χ0) is 25.0. The van der Waals surface area contributed by atoms with Crippen molar-refractivity contribution in [1.29, 1.82) is 0 Å². The van der Waals surface area contributed by atoms with E-state index in [1.807, 2.05) is 0 Å². The summed E-state index contributed by atoms with van der Waals surface area (Å²) in [5.74, 6) is 1.96. The Labute approximate surface area is 211 Å². The van der Waals surface area contributed by atoms with Gasteiger partial charge in [-0.1, -0.05) is 32.8 Å². The molecule has 0 aromatic heterocycles. The van der Waals surface area contributed by atoms with E-state index in [-0.39, 0.29) is 29.9 Å². The highest BCUT2D eigenvalue weighted by atomic mass is 16.5. The molecule has 0 aliphatic heterocycles. The van der Waals surface area contributed by atoms with E-state index in [4.69, 9.17) is 14.2 Å². The van der Waals surface area contributed by atoms with Crippen molar-refractivity contribution in [2.75, 3.05) is 13.2 Å². The molecule has 0 N–H and O–H groups in total. The average molecular weight is 491 g/mol. The van der Waals surface area contributed by atoms with Gasteiger partial charge < -0.3 is 14.2 Å². The number of rotatable bonds is 11. The third-order valence-corrected chi connectivity index (χ3v) is 8.72. The Morgan fingerprint density at radius 1 is 0.714 bits per heavy atom. The molecule has 0 atom stereocenters. The van der Waals surface area contributed by atoms with Crippen molar-refractivity contribution in [3.8, 4) is 0 Å². The summed E-state index contributed by atoms with van der Waals surface area (Å²) in [4.78, 5) is 36.1. The summed E-state index contributed by atoms with van der Waals surface area (Å²) in [6.07, 6.45) is 16.5. The molecule has 0 bridgehead atoms. The molecule has 0 aromatic carbocycles. The standard InChI is InChI=1S/C29H46O6/c1-3-21-7-9-22(10-8-21)23-11-13-25(14-12-23)29(32)35-26-17-15-24(16-18-26)28(31)34-20-6-5-19-33-27(30)4-2/h4,21-26H,2-3,5-20H2,1H3. The van der Waals surface area contributed by atoms with Crippen LogP contribution in [-0.4, -0.2) is 37.2 Å². The van der Waals surface area contributed by atoms with Crippen LogP contribution in [0.15, 0.2) is 12.7 Å². The molecule has 3 saturated carbocycles. The quantitative estimate of drug-likeness (QED) is 0.149. The van der Waals surface area contributed by atoms with Crippen LogP contribution in [0, 0.1) is 29.6 Å². The Morgan fingerprint density at radius 2 is 1.23 bits per heavy atom. The van der Waals surface area contributed by atoms with E-state index >= 15 is 0 Å². The second-order valence-corrected chi connectivity index (χ2v) is 11.0. The highest BCUT2D eigenvalue weighted by molar-refractivity contribution is 5.81. The molecule has 0 heterocycles. The van der Waals surface area contributed by atoms with Crippen LogP contribution in [-0.2, 0) is 28.6 Å². The van der Waals surface area contributed by atoms with E-state index in [1.54, 1.807) is 0 Å². The second-order valence-electron chi connectivity index (χ2n) is 11.0. The Bertz CT molecular complexity index is 679. The predicted molar refractivity (Wildman–Crippen MR) is 134 cm³/mol. The number of esters is 3. The lowest BCUT2D eigenvalue weighted by Crippen LogP contribution is -2.33. The molecule has 3 fully saturated rings. The van der Waals surface area contributed by atoms with E-state index in [0.717, 1.165) is 49.5 Å². The highest BCUT2D eigenvalue weighted by Gasteiger charge is 2.35. The molecule has 3 rings (SSSR count). The summed E-state index contributed by atoms with van der Waals surface area (Å²) in [7, 11) is 0. The van der Waals surface area contributed by atoms with Crippen molar-refractivity contribution in [3.05, 3.63) is 12.7 Å². The molecule has 0 unspecified atom stereocenters. The summed E-state index contributed by atoms with van der Waals surface area (Å²) in [5, 5.41) is 0. The molecule has 3 aliphatic rings. The van der Waals surface area contributed by atoms with Gasteiger partial charge in [0.05, 0.1) is 25.0 Å². The van der Waals surface area contributed by atoms with Gasteiger partial charge in [-0.05, 0) is 94.8 Å². The molecular formula is C29H46O6. The molecule has 0 amide bonds. The topological polar surface area (TPSA) is 78.9 Å². The molecule has 0 saturated heterocycles. The third kappa shape index (κ3) is 8.95. The number of hydrogen-bond donors (Lipinski definition) is 0. The van der Waals surface area contributed by atoms with Crippen molar-refractivity contribution >= 4 is 17.9 Å². The first-order chi connectivity index (χ1) is 17.0. The Balaban J connectivity index is 1.25. The Kier molecular flexibility index (Phi) is 11.6. The summed E-state index contributed by atoms with van der Waals surface area (Å²) in [6, 6.07) is 0. The Hall–Kier alpha value is -1.85. The minimum atomic E-state index is -0.434. The number of carbonyl (C=O) groups is 3. The summed E-state index contributed by atoms with van der Waals surface area (Å²) >= 11 is 0. The number of hydrogen-bond acceptors (Lipinski definition) is 6. The normalized spacial score (nSPS) is 31.2. The molecule has 6 heteroatoms. The van der Waals surface area contributed by atoms with Crippen LogP contribution in [0.1, 0.15) is 103 Å². The minimum absolute atomic E-state index is 0.0127. The first-order valence-corrected chi connectivity index (χ1v) is 14.2. The fraction of sp³-hybridized carbons (Fsp3) is 0.828. The molecule has 6 nitrogen and oxygen atoms in total. The number of carbonyl (C=O) groups excluding carboxylic acids is 3. The molecule has 0 radical (unpaired) electrons. The van der Waals surface area contributed by atoms with Crippen LogP contribution in [0.5, 0.6) is 0 Å². The van der Waals surface area contributed by atoms with Crippen molar-refractivity contribution in [1.82, 2.24) is 0 Å². The van der Waals surface area contributed by atoms with Crippen molar-refractivity contribution in [3.63, 3.8) is 0 Å². The number of ether oxygens (including phenoxy) is 3. The van der Waals surface area contributed by atoms with E-state index in [1.165, 1.54) is 44.9 Å². The van der Waals surface area contributed by atoms with Gasteiger partial charge >= 0.3 is 17.9 Å². The first-order valence-electron chi connectivity index (χ1n) is 14.2.